The van der Waals surface area contributed by atoms with E-state index in [9.17, 15) is 9.18 Å². The van der Waals surface area contributed by atoms with Crippen LogP contribution in [0.25, 0.3) is 6.08 Å². The van der Waals surface area contributed by atoms with Crippen LogP contribution in [-0.2, 0) is 4.79 Å². The Balaban J connectivity index is 3.19. The molecular weight excluding hydrogens is 167 g/mol. The van der Waals surface area contributed by atoms with Crippen LogP contribution in [0.3, 0.4) is 0 Å². The molecule has 0 amide bonds. The average molecular weight is 171 g/mol. The van der Waals surface area contributed by atoms with Crippen molar-refractivity contribution in [1.29, 1.82) is 0 Å². The van der Waals surface area contributed by atoms with E-state index in [1.54, 1.807) is 0 Å². The molecule has 0 saturated carbocycles. The smallest absolute Gasteiger partial charge is 0.132 e. The summed E-state index contributed by atoms with van der Waals surface area (Å²) in [7, 11) is 0. The molecule has 0 bridgehead atoms. The Labute approximate surface area is 68.1 Å². The Morgan fingerprint density at radius 1 is 1.55 bits per heavy atom. The van der Waals surface area contributed by atoms with Gasteiger partial charge in [0.15, 0.2) is 0 Å². The second kappa shape index (κ2) is 3.33. The summed E-state index contributed by atoms with van der Waals surface area (Å²) in [5, 5.41) is 0.311. The van der Waals surface area contributed by atoms with E-state index >= 15 is 0 Å². The zero-order valence-electron chi connectivity index (χ0n) is 5.47. The molecule has 0 spiro atoms. The second-order valence-corrected chi connectivity index (χ2v) is 2.36. The topological polar surface area (TPSA) is 17.1 Å². The summed E-state index contributed by atoms with van der Waals surface area (Å²) in [5.74, 6) is 0.973. The van der Waals surface area contributed by atoms with Crippen molar-refractivity contribution < 1.29 is 9.18 Å². The first kappa shape index (κ1) is 7.99. The number of rotatable bonds is 1. The van der Waals surface area contributed by atoms with E-state index in [0.717, 1.165) is 12.1 Å². The fourth-order valence-corrected chi connectivity index (χ4v) is 0.841. The molecule has 0 aromatic heterocycles. The van der Waals surface area contributed by atoms with E-state index in [1.807, 2.05) is 0 Å². The molecule has 1 aromatic rings. The molecule has 0 aliphatic heterocycles. The van der Waals surface area contributed by atoms with Gasteiger partial charge in [0.2, 0.25) is 0 Å². The van der Waals surface area contributed by atoms with Gasteiger partial charge in [0.25, 0.3) is 0 Å². The van der Waals surface area contributed by atoms with E-state index in [1.165, 1.54) is 18.1 Å². The van der Waals surface area contributed by atoms with Gasteiger partial charge < -0.3 is 0 Å². The SMILES string of the molecule is O=C=Cc1ccc(Cl)cc1F. The van der Waals surface area contributed by atoms with Crippen molar-refractivity contribution in [3.05, 3.63) is 34.6 Å². The van der Waals surface area contributed by atoms with Gasteiger partial charge in [-0.05, 0) is 18.2 Å². The predicted molar refractivity (Wildman–Crippen MR) is 41.6 cm³/mol. The number of carbonyl (C=O) groups excluding carboxylic acids is 1. The van der Waals surface area contributed by atoms with Crippen LogP contribution in [0.5, 0.6) is 0 Å². The number of benzene rings is 1. The first-order valence-corrected chi connectivity index (χ1v) is 3.28. The summed E-state index contributed by atoms with van der Waals surface area (Å²) in [4.78, 5) is 9.83. The minimum absolute atomic E-state index is 0.199. The van der Waals surface area contributed by atoms with Crippen LogP contribution in [0.4, 0.5) is 4.39 Å². The Morgan fingerprint density at radius 2 is 2.27 bits per heavy atom. The van der Waals surface area contributed by atoms with Crippen molar-refractivity contribution >= 4 is 23.6 Å². The van der Waals surface area contributed by atoms with Crippen molar-refractivity contribution in [3.8, 4) is 0 Å². The molecule has 0 saturated heterocycles. The molecule has 11 heavy (non-hydrogen) atoms. The van der Waals surface area contributed by atoms with E-state index in [4.69, 9.17) is 11.6 Å². The van der Waals surface area contributed by atoms with Crippen LogP contribution in [-0.4, -0.2) is 5.94 Å². The van der Waals surface area contributed by atoms with Gasteiger partial charge in [0.05, 0.1) is 0 Å². The molecular formula is C8H4ClFO. The van der Waals surface area contributed by atoms with Crippen molar-refractivity contribution in [2.75, 3.05) is 0 Å². The minimum Gasteiger partial charge on any atom is -0.233 e. The van der Waals surface area contributed by atoms with Crippen LogP contribution in [0.15, 0.2) is 18.2 Å². The van der Waals surface area contributed by atoms with Gasteiger partial charge in [-0.15, -0.1) is 0 Å². The number of halogens is 2. The summed E-state index contributed by atoms with van der Waals surface area (Å²) < 4.78 is 12.7. The summed E-state index contributed by atoms with van der Waals surface area (Å²) in [6, 6.07) is 4.07. The maximum Gasteiger partial charge on any atom is 0.132 e. The van der Waals surface area contributed by atoms with E-state index in [2.05, 4.69) is 0 Å². The van der Waals surface area contributed by atoms with Crippen molar-refractivity contribution in [2.45, 2.75) is 0 Å². The Hall–Kier alpha value is -1.11. The van der Waals surface area contributed by atoms with E-state index in [0.29, 0.717) is 5.02 Å². The number of hydrogen-bond acceptors (Lipinski definition) is 1. The van der Waals surface area contributed by atoms with Crippen molar-refractivity contribution in [1.82, 2.24) is 0 Å². The van der Waals surface area contributed by atoms with Crippen molar-refractivity contribution in [2.24, 2.45) is 0 Å². The molecule has 0 aliphatic carbocycles. The second-order valence-electron chi connectivity index (χ2n) is 1.93. The third-order valence-corrected chi connectivity index (χ3v) is 1.41. The minimum atomic E-state index is -0.513. The maximum atomic E-state index is 12.7. The first-order valence-electron chi connectivity index (χ1n) is 2.90. The first-order chi connectivity index (χ1) is 5.24. The van der Waals surface area contributed by atoms with Crippen LogP contribution in [0, 0.1) is 5.82 Å². The largest absolute Gasteiger partial charge is 0.233 e. The molecule has 0 heterocycles. The maximum absolute atomic E-state index is 12.7. The lowest BCUT2D eigenvalue weighted by Gasteiger charge is -1.93. The molecule has 0 fully saturated rings. The average Bonchev–Trinajstić information content (AvgIpc) is 1.95. The van der Waals surface area contributed by atoms with Crippen LogP contribution in [0.2, 0.25) is 5.02 Å². The highest BCUT2D eigenvalue weighted by Gasteiger charge is 1.98. The number of hydrogen-bond donors (Lipinski definition) is 0. The fourth-order valence-electron chi connectivity index (χ4n) is 0.682. The van der Waals surface area contributed by atoms with Gasteiger partial charge in [-0.3, -0.25) is 0 Å². The lowest BCUT2D eigenvalue weighted by molar-refractivity contribution is 0.569. The van der Waals surface area contributed by atoms with Gasteiger partial charge in [-0.25, -0.2) is 9.18 Å². The standard InChI is InChI=1S/C8H4ClFO/c9-7-2-1-6(3-4-11)8(10)5-7/h1-3,5H. The normalized spacial score (nSPS) is 8.91. The lowest BCUT2D eigenvalue weighted by atomic mass is 10.2. The Morgan fingerprint density at radius 3 is 2.82 bits per heavy atom. The van der Waals surface area contributed by atoms with Crippen LogP contribution >= 0.6 is 11.6 Å². The van der Waals surface area contributed by atoms with Gasteiger partial charge in [-0.2, -0.15) is 0 Å². The van der Waals surface area contributed by atoms with Gasteiger partial charge in [0, 0.05) is 16.7 Å². The van der Waals surface area contributed by atoms with E-state index in [-0.39, 0.29) is 5.56 Å². The highest BCUT2D eigenvalue weighted by molar-refractivity contribution is 6.30. The third-order valence-electron chi connectivity index (χ3n) is 1.18. The summed E-state index contributed by atoms with van der Waals surface area (Å²) in [5.41, 5.74) is 0.199. The Kier molecular flexibility index (Phi) is 2.42. The molecule has 1 rings (SSSR count). The molecule has 0 aliphatic rings. The highest BCUT2D eigenvalue weighted by atomic mass is 35.5. The van der Waals surface area contributed by atoms with E-state index < -0.39 is 5.82 Å². The summed E-state index contributed by atoms with van der Waals surface area (Å²) in [6.07, 6.45) is 1.02. The zero-order chi connectivity index (χ0) is 8.27. The summed E-state index contributed by atoms with van der Waals surface area (Å²) in [6.45, 7) is 0. The lowest BCUT2D eigenvalue weighted by Crippen LogP contribution is -1.80. The summed E-state index contributed by atoms with van der Waals surface area (Å²) >= 11 is 5.46. The van der Waals surface area contributed by atoms with Crippen molar-refractivity contribution in [3.63, 3.8) is 0 Å². The van der Waals surface area contributed by atoms with Gasteiger partial charge >= 0.3 is 0 Å². The van der Waals surface area contributed by atoms with Crippen LogP contribution < -0.4 is 0 Å². The molecule has 0 N–H and O–H groups in total. The zero-order valence-corrected chi connectivity index (χ0v) is 6.23. The quantitative estimate of drug-likeness (QED) is 0.592. The molecule has 1 nitrogen and oxygen atoms in total. The van der Waals surface area contributed by atoms with Crippen LogP contribution in [0.1, 0.15) is 5.56 Å². The predicted octanol–water partition coefficient (Wildman–Crippen LogP) is 2.32. The highest BCUT2D eigenvalue weighted by Crippen LogP contribution is 2.14. The van der Waals surface area contributed by atoms with Gasteiger partial charge in [0.1, 0.15) is 11.8 Å². The molecule has 3 heteroatoms. The fraction of sp³-hybridized carbons (Fsp3) is 0. The molecule has 0 atom stereocenters. The molecule has 56 valence electrons. The monoisotopic (exact) mass is 170 g/mol. The molecule has 1 aromatic carbocycles. The molecule has 0 radical (unpaired) electrons. The molecule has 0 unspecified atom stereocenters. The Bertz CT molecular complexity index is 316. The third kappa shape index (κ3) is 1.90. The van der Waals surface area contributed by atoms with Gasteiger partial charge in [-0.1, -0.05) is 11.6 Å².